The average Bonchev–Trinajstić information content (AvgIpc) is 2.76. The fourth-order valence-electron chi connectivity index (χ4n) is 3.00. The number of halogens is 2. The third-order valence-electron chi connectivity index (χ3n) is 4.50. The number of fused-ring (bicyclic) bond motifs is 1. The number of anilines is 1. The van der Waals surface area contributed by atoms with Gasteiger partial charge in [-0.05, 0) is 43.9 Å². The summed E-state index contributed by atoms with van der Waals surface area (Å²) in [5.41, 5.74) is 1.24. The minimum Gasteiger partial charge on any atom is -0.497 e. The second-order valence-electron chi connectivity index (χ2n) is 6.64. The number of likely N-dealkylation sites (N-methyl/N-ethyl adjacent to an activating group) is 1. The molecule has 28 heavy (non-hydrogen) atoms. The van der Waals surface area contributed by atoms with E-state index in [0.29, 0.717) is 29.4 Å². The van der Waals surface area contributed by atoms with Crippen molar-refractivity contribution < 1.29 is 19.0 Å². The Hall–Kier alpha value is -1.80. The van der Waals surface area contributed by atoms with Gasteiger partial charge >= 0.3 is 0 Å². The first-order valence-corrected chi connectivity index (χ1v) is 9.53. The quantitative estimate of drug-likeness (QED) is 0.794. The largest absolute Gasteiger partial charge is 0.497 e. The second-order valence-corrected chi connectivity index (χ2v) is 7.79. The molecule has 2 atom stereocenters. The van der Waals surface area contributed by atoms with E-state index in [2.05, 4.69) is 0 Å². The molecule has 0 saturated heterocycles. The molecule has 2 aromatic rings. The van der Waals surface area contributed by atoms with E-state index in [0.717, 1.165) is 5.56 Å². The first-order chi connectivity index (χ1) is 12.9. The predicted molar refractivity (Wildman–Crippen MR) is 112 cm³/mol. The van der Waals surface area contributed by atoms with Crippen LogP contribution >= 0.6 is 24.2 Å². The number of aliphatic hydroxyl groups excluding tert-OH is 1. The average molecular weight is 427 g/mol. The summed E-state index contributed by atoms with van der Waals surface area (Å²) in [6.07, 6.45) is -1.28. The predicted octanol–water partition coefficient (Wildman–Crippen LogP) is 3.36. The summed E-state index contributed by atoms with van der Waals surface area (Å²) in [6.45, 7) is 0.974. The summed E-state index contributed by atoms with van der Waals surface area (Å²) in [4.78, 5) is 16.8. The lowest BCUT2D eigenvalue weighted by Gasteiger charge is -2.26. The van der Waals surface area contributed by atoms with Crippen LogP contribution < -0.4 is 9.64 Å². The summed E-state index contributed by atoms with van der Waals surface area (Å²) in [7, 11) is 5.38. The lowest BCUT2D eigenvalue weighted by molar-refractivity contribution is -0.126. The Morgan fingerprint density at radius 1 is 1.21 bits per heavy atom. The van der Waals surface area contributed by atoms with Crippen molar-refractivity contribution in [2.24, 2.45) is 0 Å². The Morgan fingerprint density at radius 2 is 1.89 bits per heavy atom. The van der Waals surface area contributed by atoms with Gasteiger partial charge in [0, 0.05) is 13.1 Å². The number of rotatable bonds is 5. The van der Waals surface area contributed by atoms with Gasteiger partial charge in [-0.25, -0.2) is 4.39 Å². The number of hydrogen-bond donors (Lipinski definition) is 1. The summed E-state index contributed by atoms with van der Waals surface area (Å²) >= 11 is 1.18. The van der Waals surface area contributed by atoms with Crippen LogP contribution in [0.4, 0.5) is 10.1 Å². The van der Waals surface area contributed by atoms with Gasteiger partial charge in [0.05, 0.1) is 22.9 Å². The number of benzene rings is 2. The molecule has 1 aliphatic heterocycles. The molecule has 1 amide bonds. The van der Waals surface area contributed by atoms with Crippen molar-refractivity contribution >= 4 is 35.8 Å². The molecule has 1 N–H and O–H groups in total. The van der Waals surface area contributed by atoms with E-state index in [1.54, 1.807) is 43.5 Å². The van der Waals surface area contributed by atoms with E-state index in [1.807, 2.05) is 19.0 Å². The fourth-order valence-corrected chi connectivity index (χ4v) is 4.27. The van der Waals surface area contributed by atoms with Crippen LogP contribution in [0.1, 0.15) is 10.8 Å². The maximum absolute atomic E-state index is 14.6. The Bertz CT molecular complexity index is 820. The van der Waals surface area contributed by atoms with Gasteiger partial charge in [0.25, 0.3) is 5.91 Å². The Morgan fingerprint density at radius 3 is 2.50 bits per heavy atom. The normalized spacial score (nSPS) is 19.1. The van der Waals surface area contributed by atoms with Gasteiger partial charge in [0.1, 0.15) is 17.7 Å². The second kappa shape index (κ2) is 9.60. The Labute approximate surface area is 174 Å². The summed E-state index contributed by atoms with van der Waals surface area (Å²) in [6, 6.07) is 11.8. The molecule has 2 aromatic carbocycles. The summed E-state index contributed by atoms with van der Waals surface area (Å²) in [5, 5.41) is 10.2. The van der Waals surface area contributed by atoms with Crippen LogP contribution in [-0.2, 0) is 4.79 Å². The molecule has 152 valence electrons. The molecule has 1 heterocycles. The first-order valence-electron chi connectivity index (χ1n) is 8.65. The molecular weight excluding hydrogens is 403 g/mol. The van der Waals surface area contributed by atoms with Crippen molar-refractivity contribution in [1.82, 2.24) is 4.90 Å². The van der Waals surface area contributed by atoms with E-state index in [-0.39, 0.29) is 12.4 Å². The Balaban J connectivity index is 0.00000280. The van der Waals surface area contributed by atoms with E-state index >= 15 is 0 Å². The highest BCUT2D eigenvalue weighted by molar-refractivity contribution is 7.99. The molecule has 5 nitrogen and oxygen atoms in total. The number of thioether (sulfide) groups is 1. The maximum atomic E-state index is 14.6. The smallest absolute Gasteiger partial charge is 0.257 e. The molecule has 3 rings (SSSR count). The molecule has 0 spiro atoms. The van der Waals surface area contributed by atoms with Gasteiger partial charge in [0.2, 0.25) is 0 Å². The molecule has 8 heteroatoms. The number of carbonyl (C=O) groups is 1. The third-order valence-corrected chi connectivity index (χ3v) is 5.93. The topological polar surface area (TPSA) is 53.0 Å². The number of methoxy groups -OCH3 is 1. The fraction of sp³-hybridized carbons (Fsp3) is 0.350. The number of hydrogen-bond acceptors (Lipinski definition) is 5. The van der Waals surface area contributed by atoms with Crippen molar-refractivity contribution in [3.63, 3.8) is 0 Å². The summed E-state index contributed by atoms with van der Waals surface area (Å²) in [5.74, 6) is -0.139. The van der Waals surface area contributed by atoms with Crippen molar-refractivity contribution in [2.45, 2.75) is 16.2 Å². The maximum Gasteiger partial charge on any atom is 0.257 e. The van der Waals surface area contributed by atoms with Crippen LogP contribution in [0.3, 0.4) is 0 Å². The molecule has 0 bridgehead atoms. The van der Waals surface area contributed by atoms with Crippen LogP contribution in [0.2, 0.25) is 0 Å². The Kier molecular flexibility index (Phi) is 7.71. The highest BCUT2D eigenvalue weighted by Crippen LogP contribution is 2.46. The minimum absolute atomic E-state index is 0. The molecule has 0 aromatic heterocycles. The number of carbonyl (C=O) groups excluding carboxylic acids is 1. The first kappa shape index (κ1) is 22.5. The number of nitrogens with zero attached hydrogens (tertiary/aromatic N) is 2. The van der Waals surface area contributed by atoms with Gasteiger partial charge in [-0.2, -0.15) is 0 Å². The van der Waals surface area contributed by atoms with E-state index in [9.17, 15) is 14.3 Å². The van der Waals surface area contributed by atoms with Crippen LogP contribution in [0.5, 0.6) is 5.75 Å². The lowest BCUT2D eigenvalue weighted by atomic mass is 10.1. The van der Waals surface area contributed by atoms with Gasteiger partial charge in [-0.3, -0.25) is 4.79 Å². The van der Waals surface area contributed by atoms with Crippen LogP contribution in [0.25, 0.3) is 0 Å². The van der Waals surface area contributed by atoms with Gasteiger partial charge in [-0.15, -0.1) is 24.2 Å². The number of amides is 1. The van der Waals surface area contributed by atoms with Crippen molar-refractivity contribution in [3.05, 3.63) is 53.8 Å². The lowest BCUT2D eigenvalue weighted by Crippen LogP contribution is -2.43. The van der Waals surface area contributed by atoms with Crippen molar-refractivity contribution in [2.75, 3.05) is 39.2 Å². The highest BCUT2D eigenvalue weighted by Gasteiger charge is 2.38. The van der Waals surface area contributed by atoms with Crippen LogP contribution in [0.15, 0.2) is 47.4 Å². The summed E-state index contributed by atoms with van der Waals surface area (Å²) < 4.78 is 19.8. The number of ether oxygens (including phenoxy) is 1. The third kappa shape index (κ3) is 4.60. The molecule has 1 aliphatic rings. The zero-order chi connectivity index (χ0) is 19.6. The SMILES string of the molecule is COc1ccc([C@@H]2Sc3c(F)cccc3N(CCN(C)C)C(=O)[C@@H]2O)cc1.Cl. The zero-order valence-corrected chi connectivity index (χ0v) is 17.6. The van der Waals surface area contributed by atoms with Crippen LogP contribution in [0, 0.1) is 5.82 Å². The number of aliphatic hydroxyl groups is 1. The molecule has 0 aliphatic carbocycles. The molecule has 0 saturated carbocycles. The minimum atomic E-state index is -1.28. The zero-order valence-electron chi connectivity index (χ0n) is 16.0. The van der Waals surface area contributed by atoms with E-state index < -0.39 is 23.1 Å². The van der Waals surface area contributed by atoms with E-state index in [1.165, 1.54) is 22.7 Å². The van der Waals surface area contributed by atoms with Gasteiger partial charge < -0.3 is 19.6 Å². The van der Waals surface area contributed by atoms with Gasteiger partial charge in [0.15, 0.2) is 0 Å². The van der Waals surface area contributed by atoms with Crippen LogP contribution in [-0.4, -0.2) is 56.3 Å². The molecule has 0 fully saturated rings. The molecule has 0 unspecified atom stereocenters. The van der Waals surface area contributed by atoms with Gasteiger partial charge in [-0.1, -0.05) is 18.2 Å². The molecule has 0 radical (unpaired) electrons. The highest BCUT2D eigenvalue weighted by atomic mass is 35.5. The van der Waals surface area contributed by atoms with E-state index in [4.69, 9.17) is 4.74 Å². The van der Waals surface area contributed by atoms with Crippen molar-refractivity contribution in [3.8, 4) is 5.75 Å². The molecular formula is C20H24ClFN2O3S. The van der Waals surface area contributed by atoms with Crippen molar-refractivity contribution in [1.29, 1.82) is 0 Å². The standard InChI is InChI=1S/C20H23FN2O3S.ClH/c1-22(2)11-12-23-16-6-4-5-15(21)19(16)27-18(17(24)20(23)25)13-7-9-14(26-3)10-8-13;/h4-10,17-18,24H,11-12H2,1-3H3;1H/t17-,18+;/m1./s1. The monoisotopic (exact) mass is 426 g/mol.